The predicted molar refractivity (Wildman–Crippen MR) is 98.8 cm³/mol. The molecule has 4 nitrogen and oxygen atoms in total. The summed E-state index contributed by atoms with van der Waals surface area (Å²) in [6, 6.07) is 18.5. The molecule has 0 spiro atoms. The molecule has 2 aromatic heterocycles. The Morgan fingerprint density at radius 2 is 1.72 bits per heavy atom. The zero-order valence-corrected chi connectivity index (χ0v) is 15.1. The van der Waals surface area contributed by atoms with E-state index in [4.69, 9.17) is 4.42 Å². The van der Waals surface area contributed by atoms with Gasteiger partial charge in [0.25, 0.3) is 0 Å². The van der Waals surface area contributed by atoms with Gasteiger partial charge in [0.05, 0.1) is 6.54 Å². The number of aryl methyl sites for hydroxylation is 1. The molecule has 0 bridgehead atoms. The van der Waals surface area contributed by atoms with E-state index in [9.17, 15) is 5.11 Å². The molecule has 0 unspecified atom stereocenters. The highest BCUT2D eigenvalue weighted by atomic mass is 16.4. The average molecular weight is 338 g/mol. The summed E-state index contributed by atoms with van der Waals surface area (Å²) in [5.74, 6) is 1.46. The van der Waals surface area contributed by atoms with Gasteiger partial charge in [-0.25, -0.2) is 0 Å². The standard InChI is InChI=1S/C21H26N2O2/c1-21(2,24)20-12-11-19(25-20)16-23(14-17-8-5-4-6-9-17)15-18-10-7-13-22(18)3/h4-13,24H,14-16H2,1-3H3. The van der Waals surface area contributed by atoms with Gasteiger partial charge in [0.1, 0.15) is 17.1 Å². The smallest absolute Gasteiger partial charge is 0.135 e. The Bertz CT molecular complexity index is 797. The molecule has 0 fully saturated rings. The molecule has 0 aliphatic rings. The lowest BCUT2D eigenvalue weighted by molar-refractivity contribution is 0.0514. The van der Waals surface area contributed by atoms with Gasteiger partial charge in [-0.1, -0.05) is 30.3 Å². The first-order valence-electron chi connectivity index (χ1n) is 8.60. The number of rotatable bonds is 7. The van der Waals surface area contributed by atoms with Crippen molar-refractivity contribution in [3.63, 3.8) is 0 Å². The molecule has 1 aromatic carbocycles. The van der Waals surface area contributed by atoms with Gasteiger partial charge in [0.2, 0.25) is 0 Å². The third kappa shape index (κ3) is 4.62. The highest BCUT2D eigenvalue weighted by Gasteiger charge is 2.21. The minimum absolute atomic E-state index is 0.598. The van der Waals surface area contributed by atoms with Crippen molar-refractivity contribution in [3.05, 3.63) is 83.6 Å². The van der Waals surface area contributed by atoms with Crippen molar-refractivity contribution in [3.8, 4) is 0 Å². The Morgan fingerprint density at radius 1 is 0.960 bits per heavy atom. The van der Waals surface area contributed by atoms with Gasteiger partial charge in [0.15, 0.2) is 0 Å². The average Bonchev–Trinajstić information content (AvgIpc) is 3.18. The van der Waals surface area contributed by atoms with Crippen LogP contribution in [0.5, 0.6) is 0 Å². The molecule has 0 atom stereocenters. The van der Waals surface area contributed by atoms with Gasteiger partial charge in [-0.3, -0.25) is 4.90 Å². The fraction of sp³-hybridized carbons (Fsp3) is 0.333. The van der Waals surface area contributed by atoms with Crippen LogP contribution in [0.15, 0.2) is 65.2 Å². The van der Waals surface area contributed by atoms with Crippen LogP contribution in [0.3, 0.4) is 0 Å². The first-order chi connectivity index (χ1) is 11.9. The molecule has 0 aliphatic heterocycles. The number of hydrogen-bond donors (Lipinski definition) is 1. The summed E-state index contributed by atoms with van der Waals surface area (Å²) >= 11 is 0. The monoisotopic (exact) mass is 338 g/mol. The van der Waals surface area contributed by atoms with Gasteiger partial charge in [0, 0.05) is 32.0 Å². The van der Waals surface area contributed by atoms with Gasteiger partial charge >= 0.3 is 0 Å². The largest absolute Gasteiger partial charge is 0.462 e. The fourth-order valence-corrected chi connectivity index (χ4v) is 2.91. The van der Waals surface area contributed by atoms with Crippen molar-refractivity contribution < 1.29 is 9.52 Å². The van der Waals surface area contributed by atoms with Gasteiger partial charge in [-0.05, 0) is 43.7 Å². The zero-order chi connectivity index (χ0) is 17.9. The Balaban J connectivity index is 1.78. The maximum atomic E-state index is 10.1. The third-order valence-corrected chi connectivity index (χ3v) is 4.33. The van der Waals surface area contributed by atoms with E-state index >= 15 is 0 Å². The number of benzene rings is 1. The molecule has 3 aromatic rings. The maximum Gasteiger partial charge on any atom is 0.135 e. The van der Waals surface area contributed by atoms with Crippen LogP contribution < -0.4 is 0 Å². The summed E-state index contributed by atoms with van der Waals surface area (Å²) < 4.78 is 8.01. The molecule has 0 radical (unpaired) electrons. The van der Waals surface area contributed by atoms with Crippen molar-refractivity contribution in [2.75, 3.05) is 0 Å². The molecule has 4 heteroatoms. The number of nitrogens with zero attached hydrogens (tertiary/aromatic N) is 2. The first-order valence-corrected chi connectivity index (χ1v) is 8.60. The van der Waals surface area contributed by atoms with Gasteiger partial charge in [-0.15, -0.1) is 0 Å². The summed E-state index contributed by atoms with van der Waals surface area (Å²) in [5.41, 5.74) is 1.57. The van der Waals surface area contributed by atoms with E-state index in [0.717, 1.165) is 18.8 Å². The molecule has 0 amide bonds. The van der Waals surface area contributed by atoms with Crippen molar-refractivity contribution in [1.82, 2.24) is 9.47 Å². The molecular weight excluding hydrogens is 312 g/mol. The van der Waals surface area contributed by atoms with E-state index in [0.29, 0.717) is 12.3 Å². The van der Waals surface area contributed by atoms with Crippen molar-refractivity contribution in [2.24, 2.45) is 7.05 Å². The van der Waals surface area contributed by atoms with E-state index < -0.39 is 5.60 Å². The van der Waals surface area contributed by atoms with Crippen molar-refractivity contribution in [1.29, 1.82) is 0 Å². The first kappa shape index (κ1) is 17.5. The van der Waals surface area contributed by atoms with E-state index in [2.05, 4.69) is 59.1 Å². The third-order valence-electron chi connectivity index (χ3n) is 4.33. The second kappa shape index (κ2) is 7.30. The number of aromatic nitrogens is 1. The molecule has 1 N–H and O–H groups in total. The lowest BCUT2D eigenvalue weighted by Gasteiger charge is -2.22. The van der Waals surface area contributed by atoms with Crippen LogP contribution in [-0.4, -0.2) is 14.6 Å². The van der Waals surface area contributed by atoms with Gasteiger partial charge < -0.3 is 14.1 Å². The van der Waals surface area contributed by atoms with Crippen LogP contribution in [0.25, 0.3) is 0 Å². The second-order valence-electron chi connectivity index (χ2n) is 7.07. The lowest BCUT2D eigenvalue weighted by atomic mass is 10.1. The second-order valence-corrected chi connectivity index (χ2v) is 7.07. The minimum Gasteiger partial charge on any atom is -0.462 e. The Morgan fingerprint density at radius 3 is 2.32 bits per heavy atom. The molecule has 0 saturated carbocycles. The highest BCUT2D eigenvalue weighted by molar-refractivity contribution is 5.16. The Labute approximate surface area is 149 Å². The quantitative estimate of drug-likeness (QED) is 0.707. The number of furan rings is 1. The summed E-state index contributed by atoms with van der Waals surface area (Å²) in [7, 11) is 2.06. The Hall–Kier alpha value is -2.30. The molecule has 25 heavy (non-hydrogen) atoms. The topological polar surface area (TPSA) is 41.5 Å². The molecule has 132 valence electrons. The van der Waals surface area contributed by atoms with Crippen LogP contribution >= 0.6 is 0 Å². The molecule has 2 heterocycles. The van der Waals surface area contributed by atoms with Crippen LogP contribution in [0.2, 0.25) is 0 Å². The van der Waals surface area contributed by atoms with Gasteiger partial charge in [-0.2, -0.15) is 0 Å². The van der Waals surface area contributed by atoms with Crippen molar-refractivity contribution in [2.45, 2.75) is 39.1 Å². The van der Waals surface area contributed by atoms with Crippen LogP contribution in [0.4, 0.5) is 0 Å². The number of aliphatic hydroxyl groups is 1. The summed E-state index contributed by atoms with van der Waals surface area (Å²) in [4.78, 5) is 2.34. The molecular formula is C21H26N2O2. The Kier molecular flexibility index (Phi) is 5.11. The number of hydrogen-bond acceptors (Lipinski definition) is 3. The molecule has 0 saturated heterocycles. The highest BCUT2D eigenvalue weighted by Crippen LogP contribution is 2.23. The van der Waals surface area contributed by atoms with Crippen LogP contribution in [0, 0.1) is 0 Å². The summed E-state index contributed by atoms with van der Waals surface area (Å²) in [5, 5.41) is 10.1. The fourth-order valence-electron chi connectivity index (χ4n) is 2.91. The van der Waals surface area contributed by atoms with E-state index in [-0.39, 0.29) is 0 Å². The lowest BCUT2D eigenvalue weighted by Crippen LogP contribution is -2.23. The normalized spacial score (nSPS) is 12.0. The van der Waals surface area contributed by atoms with E-state index in [1.54, 1.807) is 13.8 Å². The summed E-state index contributed by atoms with van der Waals surface area (Å²) in [6.07, 6.45) is 2.06. The summed E-state index contributed by atoms with van der Waals surface area (Å²) in [6.45, 7) is 5.83. The molecule has 0 aliphatic carbocycles. The van der Waals surface area contributed by atoms with Crippen molar-refractivity contribution >= 4 is 0 Å². The van der Waals surface area contributed by atoms with Crippen LogP contribution in [-0.2, 0) is 32.3 Å². The van der Waals surface area contributed by atoms with E-state index in [1.807, 2.05) is 18.2 Å². The van der Waals surface area contributed by atoms with E-state index in [1.165, 1.54) is 11.3 Å². The molecule has 3 rings (SSSR count). The maximum absolute atomic E-state index is 10.1. The minimum atomic E-state index is -0.958. The van der Waals surface area contributed by atoms with Crippen LogP contribution in [0.1, 0.15) is 36.6 Å². The predicted octanol–water partition coefficient (Wildman–Crippen LogP) is 4.05. The SMILES string of the molecule is Cn1cccc1CN(Cc1ccccc1)Cc1ccc(C(C)(C)O)o1. The zero-order valence-electron chi connectivity index (χ0n) is 15.1.